The average molecular weight is 423 g/mol. The highest BCUT2D eigenvalue weighted by molar-refractivity contribution is 8.00. The maximum Gasteiger partial charge on any atom is 0.163 e. The zero-order valence-corrected chi connectivity index (χ0v) is 18.1. The Kier molecular flexibility index (Phi) is 7.21. The van der Waals surface area contributed by atoms with Crippen LogP contribution in [0.25, 0.3) is 11.4 Å². The van der Waals surface area contributed by atoms with Crippen LogP contribution in [-0.4, -0.2) is 52.7 Å². The molecule has 9 heteroatoms. The van der Waals surface area contributed by atoms with Crippen LogP contribution in [0.5, 0.6) is 0 Å². The molecule has 0 bridgehead atoms. The maximum absolute atomic E-state index is 8.03. The van der Waals surface area contributed by atoms with Crippen molar-refractivity contribution in [1.82, 2.24) is 19.9 Å². The van der Waals surface area contributed by atoms with Gasteiger partial charge in [0, 0.05) is 48.2 Å². The molecule has 0 unspecified atom stereocenters. The summed E-state index contributed by atoms with van der Waals surface area (Å²) < 4.78 is 3.27. The molecule has 0 aliphatic heterocycles. The van der Waals surface area contributed by atoms with Crippen LogP contribution in [0.4, 0.5) is 17.3 Å². The molecule has 8 nitrogen and oxygen atoms in total. The highest BCUT2D eigenvalue weighted by atomic mass is 32.2. The fourth-order valence-electron chi connectivity index (χ4n) is 2.71. The fourth-order valence-corrected chi connectivity index (χ4v) is 3.33. The Bertz CT molecular complexity index is 990. The van der Waals surface area contributed by atoms with Crippen molar-refractivity contribution in [2.75, 3.05) is 43.0 Å². The minimum Gasteiger partial charge on any atom is -0.383 e. The standard InChI is InChI=1S/C21H26N8S/c1-14(22)18-19(23)26-20(27-21(18)25-12-13-29(2)3)15-7-9-16(10-8-15)28-30-17-6-4-5-11-24-17/h4-11,22,28H,12-13H2,1-3H3,(H3,23,25,26,27). The Morgan fingerprint density at radius 3 is 2.53 bits per heavy atom. The number of likely N-dealkylation sites (N-methyl/N-ethyl adjacent to an activating group) is 1. The Morgan fingerprint density at radius 1 is 1.13 bits per heavy atom. The first-order chi connectivity index (χ1) is 14.4. The van der Waals surface area contributed by atoms with Gasteiger partial charge in [-0.15, -0.1) is 0 Å². The van der Waals surface area contributed by atoms with Crippen LogP contribution >= 0.6 is 11.9 Å². The van der Waals surface area contributed by atoms with E-state index in [1.165, 1.54) is 11.9 Å². The van der Waals surface area contributed by atoms with E-state index in [0.717, 1.165) is 22.8 Å². The van der Waals surface area contributed by atoms with Gasteiger partial charge < -0.3 is 26.1 Å². The van der Waals surface area contributed by atoms with Crippen molar-refractivity contribution in [2.24, 2.45) is 0 Å². The van der Waals surface area contributed by atoms with E-state index in [0.29, 0.717) is 35.3 Å². The minimum atomic E-state index is 0.299. The Hall–Kier alpha value is -3.17. The number of nitrogens with zero attached hydrogens (tertiary/aromatic N) is 4. The van der Waals surface area contributed by atoms with Gasteiger partial charge in [0.1, 0.15) is 16.7 Å². The molecule has 1 aromatic carbocycles. The van der Waals surface area contributed by atoms with Crippen molar-refractivity contribution >= 4 is 35.0 Å². The molecule has 0 saturated carbocycles. The average Bonchev–Trinajstić information content (AvgIpc) is 2.72. The van der Waals surface area contributed by atoms with E-state index >= 15 is 0 Å². The molecule has 0 aliphatic carbocycles. The van der Waals surface area contributed by atoms with E-state index in [1.54, 1.807) is 13.1 Å². The van der Waals surface area contributed by atoms with Gasteiger partial charge in [0.2, 0.25) is 0 Å². The minimum absolute atomic E-state index is 0.299. The predicted molar refractivity (Wildman–Crippen MR) is 125 cm³/mol. The van der Waals surface area contributed by atoms with Crippen LogP contribution in [-0.2, 0) is 0 Å². The Balaban J connectivity index is 1.78. The molecule has 0 atom stereocenters. The number of nitrogens with two attached hydrogens (primary N) is 1. The van der Waals surface area contributed by atoms with Crippen molar-refractivity contribution in [3.63, 3.8) is 0 Å². The summed E-state index contributed by atoms with van der Waals surface area (Å²) in [7, 11) is 4.01. The lowest BCUT2D eigenvalue weighted by Crippen LogP contribution is -2.22. The van der Waals surface area contributed by atoms with Crippen molar-refractivity contribution in [2.45, 2.75) is 11.9 Å². The van der Waals surface area contributed by atoms with Crippen molar-refractivity contribution in [1.29, 1.82) is 5.41 Å². The highest BCUT2D eigenvalue weighted by Crippen LogP contribution is 2.26. The van der Waals surface area contributed by atoms with Gasteiger partial charge in [0.15, 0.2) is 5.82 Å². The van der Waals surface area contributed by atoms with E-state index < -0.39 is 0 Å². The molecule has 3 aromatic rings. The molecule has 5 N–H and O–H groups in total. The first-order valence-electron chi connectivity index (χ1n) is 9.50. The number of benzene rings is 1. The zero-order valence-electron chi connectivity index (χ0n) is 17.3. The number of nitrogen functional groups attached to an aromatic ring is 1. The first-order valence-corrected chi connectivity index (χ1v) is 10.3. The van der Waals surface area contributed by atoms with Crippen LogP contribution in [0.1, 0.15) is 12.5 Å². The van der Waals surface area contributed by atoms with Gasteiger partial charge in [-0.1, -0.05) is 6.07 Å². The lowest BCUT2D eigenvalue weighted by Gasteiger charge is -2.16. The zero-order chi connectivity index (χ0) is 21.5. The molecule has 2 heterocycles. The van der Waals surface area contributed by atoms with Gasteiger partial charge in [0.05, 0.1) is 5.56 Å². The SMILES string of the molecule is CC(=N)c1c(N)nc(-c2ccc(NSc3ccccn3)cc2)nc1NCCN(C)C. The number of nitrogens with one attached hydrogen (secondary N) is 3. The number of rotatable bonds is 9. The summed E-state index contributed by atoms with van der Waals surface area (Å²) in [6.07, 6.45) is 1.76. The molecule has 3 rings (SSSR count). The molecule has 0 saturated heterocycles. The highest BCUT2D eigenvalue weighted by Gasteiger charge is 2.15. The number of aromatic nitrogens is 3. The van der Waals surface area contributed by atoms with Crippen LogP contribution < -0.4 is 15.8 Å². The fraction of sp³-hybridized carbons (Fsp3) is 0.238. The van der Waals surface area contributed by atoms with Gasteiger partial charge in [-0.2, -0.15) is 0 Å². The first kappa shape index (κ1) is 21.5. The molecule has 0 amide bonds. The lowest BCUT2D eigenvalue weighted by atomic mass is 10.1. The Labute approximate surface area is 181 Å². The third kappa shape index (κ3) is 5.68. The second-order valence-electron chi connectivity index (χ2n) is 6.96. The predicted octanol–water partition coefficient (Wildman–Crippen LogP) is 3.60. The second-order valence-corrected chi connectivity index (χ2v) is 7.79. The van der Waals surface area contributed by atoms with Crippen molar-refractivity contribution in [3.05, 3.63) is 54.2 Å². The summed E-state index contributed by atoms with van der Waals surface area (Å²) in [5, 5.41) is 12.2. The van der Waals surface area contributed by atoms with Crippen LogP contribution in [0.3, 0.4) is 0 Å². The van der Waals surface area contributed by atoms with E-state index in [9.17, 15) is 0 Å². The summed E-state index contributed by atoms with van der Waals surface area (Å²) in [5.74, 6) is 1.40. The van der Waals surface area contributed by atoms with Gasteiger partial charge in [0.25, 0.3) is 0 Å². The summed E-state index contributed by atoms with van der Waals surface area (Å²) in [4.78, 5) is 15.4. The molecule has 2 aromatic heterocycles. The molecular formula is C21H26N8S. The third-order valence-electron chi connectivity index (χ3n) is 4.22. The van der Waals surface area contributed by atoms with Crippen molar-refractivity contribution in [3.8, 4) is 11.4 Å². The summed E-state index contributed by atoms with van der Waals surface area (Å²) in [6.45, 7) is 3.21. The smallest absolute Gasteiger partial charge is 0.163 e. The normalized spacial score (nSPS) is 10.8. The van der Waals surface area contributed by atoms with E-state index in [1.807, 2.05) is 56.6 Å². The largest absolute Gasteiger partial charge is 0.383 e. The van der Waals surface area contributed by atoms with Gasteiger partial charge >= 0.3 is 0 Å². The molecule has 0 fully saturated rings. The van der Waals surface area contributed by atoms with E-state index in [4.69, 9.17) is 11.1 Å². The van der Waals surface area contributed by atoms with Crippen molar-refractivity contribution < 1.29 is 0 Å². The third-order valence-corrected chi connectivity index (χ3v) is 5.01. The van der Waals surface area contributed by atoms with Gasteiger partial charge in [-0.05, 0) is 57.4 Å². The van der Waals surface area contributed by atoms with Gasteiger partial charge in [-0.3, -0.25) is 0 Å². The van der Waals surface area contributed by atoms with Crippen LogP contribution in [0, 0.1) is 5.41 Å². The summed E-state index contributed by atoms with van der Waals surface area (Å²) >= 11 is 1.45. The number of hydrogen-bond acceptors (Lipinski definition) is 9. The molecule has 30 heavy (non-hydrogen) atoms. The van der Waals surface area contributed by atoms with Crippen LogP contribution in [0.15, 0.2) is 53.7 Å². The van der Waals surface area contributed by atoms with Gasteiger partial charge in [-0.25, -0.2) is 15.0 Å². The number of anilines is 3. The topological polar surface area (TPSA) is 116 Å². The number of pyridine rings is 1. The molecule has 156 valence electrons. The molecule has 0 radical (unpaired) electrons. The molecule has 0 aliphatic rings. The monoisotopic (exact) mass is 422 g/mol. The lowest BCUT2D eigenvalue weighted by molar-refractivity contribution is 0.425. The van der Waals surface area contributed by atoms with Crippen LogP contribution in [0.2, 0.25) is 0 Å². The molecule has 0 spiro atoms. The maximum atomic E-state index is 8.03. The number of hydrogen-bond donors (Lipinski definition) is 4. The summed E-state index contributed by atoms with van der Waals surface area (Å²) in [5.41, 5.74) is 8.83. The Morgan fingerprint density at radius 2 is 1.90 bits per heavy atom. The van der Waals surface area contributed by atoms with E-state index in [2.05, 4.69) is 29.9 Å². The second kappa shape index (κ2) is 10.0. The summed E-state index contributed by atoms with van der Waals surface area (Å²) in [6, 6.07) is 13.6. The van der Waals surface area contributed by atoms with E-state index in [-0.39, 0.29) is 0 Å². The molecular weight excluding hydrogens is 396 g/mol. The quantitative estimate of drug-likeness (QED) is 0.305.